The van der Waals surface area contributed by atoms with E-state index in [4.69, 9.17) is 18.8 Å². The van der Waals surface area contributed by atoms with E-state index in [2.05, 4.69) is 179 Å². The van der Waals surface area contributed by atoms with Crippen LogP contribution < -0.4 is 0 Å². The normalized spacial score (nSPS) is 11.9. The maximum Gasteiger partial charge on any atom is 0.162 e. The quantitative estimate of drug-likeness (QED) is 0.162. The van der Waals surface area contributed by atoms with Gasteiger partial charge in [-0.05, 0) is 87.3 Å². The van der Waals surface area contributed by atoms with Gasteiger partial charge in [0, 0.05) is 43.4 Å². The van der Waals surface area contributed by atoms with Crippen molar-refractivity contribution in [1.29, 1.82) is 0 Å². The molecule has 0 N–H and O–H groups in total. The van der Waals surface area contributed by atoms with Crippen LogP contribution in [-0.2, 0) is 0 Å². The topological polar surface area (TPSA) is 57.0 Å². The summed E-state index contributed by atoms with van der Waals surface area (Å²) in [5.41, 5.74) is 12.5. The van der Waals surface area contributed by atoms with Crippen molar-refractivity contribution in [2.24, 2.45) is 0 Å². The predicted molar refractivity (Wildman–Crippen MR) is 245 cm³/mol. The zero-order valence-corrected chi connectivity index (χ0v) is 33.0. The van der Waals surface area contributed by atoms with Gasteiger partial charge < -0.3 is 8.83 Å². The largest absolute Gasteiger partial charge is 0.456 e. The van der Waals surface area contributed by atoms with Crippen LogP contribution in [0.1, 0.15) is 0 Å². The van der Waals surface area contributed by atoms with Gasteiger partial charge in [0.1, 0.15) is 16.7 Å². The SMILES string of the molecule is Ic1c(-c2ccccc2)nc(-c2cc(-c3cccc(-c4ccccc4)c3)c3c(c2)oc2ccccc23)nc1-n1c2ccccc2c2ccc3c4ccccc4oc3c21. The number of furan rings is 2. The molecule has 0 spiro atoms. The summed E-state index contributed by atoms with van der Waals surface area (Å²) in [5.74, 6) is 1.38. The van der Waals surface area contributed by atoms with Gasteiger partial charge in [0.15, 0.2) is 17.2 Å². The summed E-state index contributed by atoms with van der Waals surface area (Å²) in [6.07, 6.45) is 0. The van der Waals surface area contributed by atoms with Crippen molar-refractivity contribution in [3.63, 3.8) is 0 Å². The molecule has 12 rings (SSSR count). The van der Waals surface area contributed by atoms with Crippen molar-refractivity contribution in [1.82, 2.24) is 14.5 Å². The number of aromatic nitrogens is 3. The summed E-state index contributed by atoms with van der Waals surface area (Å²) < 4.78 is 16.6. The number of para-hydroxylation sites is 3. The van der Waals surface area contributed by atoms with E-state index in [1.807, 2.05) is 30.3 Å². The molecular formula is C52H30IN3O2. The zero-order chi connectivity index (χ0) is 38.3. The predicted octanol–water partition coefficient (Wildman–Crippen LogP) is 14.6. The van der Waals surface area contributed by atoms with Gasteiger partial charge in [-0.2, -0.15) is 0 Å². The molecule has 0 bridgehead atoms. The third-order valence-electron chi connectivity index (χ3n) is 11.3. The molecule has 0 fully saturated rings. The highest BCUT2D eigenvalue weighted by Gasteiger charge is 2.25. The lowest BCUT2D eigenvalue weighted by atomic mass is 9.94. The minimum absolute atomic E-state index is 0.597. The minimum atomic E-state index is 0.597. The summed E-state index contributed by atoms with van der Waals surface area (Å²) in [6.45, 7) is 0. The van der Waals surface area contributed by atoms with Crippen molar-refractivity contribution in [2.75, 3.05) is 0 Å². The molecule has 272 valence electrons. The number of rotatable bonds is 5. The standard InChI is InChI=1S/C52H30IN3O2/c53-47-48(32-16-5-2-6-17-32)54-51(55-52(47)56-42-23-10-7-20-36(42)38-26-27-39-37-21-8-11-24-43(37)58-50(39)49(38)56)35-29-41(46-40-22-9-12-25-44(40)57-45(46)30-35)34-19-13-18-33(28-34)31-14-3-1-4-15-31/h1-30H. The van der Waals surface area contributed by atoms with Gasteiger partial charge >= 0.3 is 0 Å². The average Bonchev–Trinajstić information content (AvgIpc) is 3.97. The Balaban J connectivity index is 1.18. The fraction of sp³-hybridized carbons (Fsp3) is 0. The first-order valence-electron chi connectivity index (χ1n) is 19.3. The van der Waals surface area contributed by atoms with Gasteiger partial charge in [-0.25, -0.2) is 9.97 Å². The molecule has 4 heterocycles. The first kappa shape index (κ1) is 33.1. The van der Waals surface area contributed by atoms with Crippen molar-refractivity contribution >= 4 is 88.3 Å². The van der Waals surface area contributed by atoms with E-state index >= 15 is 0 Å². The lowest BCUT2D eigenvalue weighted by molar-refractivity contribution is 0.669. The number of benzene rings is 8. The highest BCUT2D eigenvalue weighted by molar-refractivity contribution is 14.1. The highest BCUT2D eigenvalue weighted by Crippen LogP contribution is 2.44. The molecule has 0 saturated carbocycles. The molecule has 8 aromatic carbocycles. The van der Waals surface area contributed by atoms with Crippen LogP contribution in [0, 0.1) is 3.57 Å². The van der Waals surface area contributed by atoms with Crippen molar-refractivity contribution in [3.05, 3.63) is 186 Å². The molecule has 0 aliphatic heterocycles. The maximum absolute atomic E-state index is 6.73. The lowest BCUT2D eigenvalue weighted by Gasteiger charge is -2.16. The third kappa shape index (κ3) is 5.08. The summed E-state index contributed by atoms with van der Waals surface area (Å²) >= 11 is 2.44. The van der Waals surface area contributed by atoms with Crippen LogP contribution in [0.25, 0.3) is 116 Å². The van der Waals surface area contributed by atoms with Gasteiger partial charge in [0.2, 0.25) is 0 Å². The molecule has 6 heteroatoms. The molecule has 0 unspecified atom stereocenters. The van der Waals surface area contributed by atoms with Crippen LogP contribution in [-0.4, -0.2) is 14.5 Å². The van der Waals surface area contributed by atoms with Crippen LogP contribution in [0.4, 0.5) is 0 Å². The molecule has 0 amide bonds. The average molecular weight is 856 g/mol. The van der Waals surface area contributed by atoms with Crippen LogP contribution in [0.15, 0.2) is 191 Å². The van der Waals surface area contributed by atoms with E-state index < -0.39 is 0 Å². The number of hydrogen-bond donors (Lipinski definition) is 0. The first-order valence-corrected chi connectivity index (χ1v) is 20.3. The molecule has 0 atom stereocenters. The van der Waals surface area contributed by atoms with E-state index in [1.165, 1.54) is 0 Å². The summed E-state index contributed by atoms with van der Waals surface area (Å²) in [5, 5.41) is 6.51. The fourth-order valence-electron chi connectivity index (χ4n) is 8.66. The van der Waals surface area contributed by atoms with Gasteiger partial charge in [-0.3, -0.25) is 4.57 Å². The van der Waals surface area contributed by atoms with Gasteiger partial charge in [0.25, 0.3) is 0 Å². The Hall–Kier alpha value is -7.03. The molecule has 0 radical (unpaired) electrons. The Morgan fingerprint density at radius 3 is 1.88 bits per heavy atom. The molecule has 12 aromatic rings. The molecule has 5 nitrogen and oxygen atoms in total. The van der Waals surface area contributed by atoms with Gasteiger partial charge in [0.05, 0.1) is 20.3 Å². The summed E-state index contributed by atoms with van der Waals surface area (Å²) in [7, 11) is 0. The Labute approximate surface area is 346 Å². The Kier molecular flexibility index (Phi) is 7.43. The highest BCUT2D eigenvalue weighted by atomic mass is 127. The van der Waals surface area contributed by atoms with E-state index in [1.54, 1.807) is 0 Å². The van der Waals surface area contributed by atoms with E-state index in [9.17, 15) is 0 Å². The molecule has 58 heavy (non-hydrogen) atoms. The fourth-order valence-corrected chi connectivity index (χ4v) is 9.45. The molecule has 0 saturated heterocycles. The zero-order valence-electron chi connectivity index (χ0n) is 30.9. The Morgan fingerprint density at radius 1 is 0.431 bits per heavy atom. The minimum Gasteiger partial charge on any atom is -0.456 e. The van der Waals surface area contributed by atoms with Crippen LogP contribution in [0.3, 0.4) is 0 Å². The number of fused-ring (bicyclic) bond motifs is 10. The summed E-state index contributed by atoms with van der Waals surface area (Å²) in [6, 6.07) is 63.4. The first-order chi connectivity index (χ1) is 28.7. The second-order valence-corrected chi connectivity index (χ2v) is 15.7. The summed E-state index contributed by atoms with van der Waals surface area (Å²) in [4.78, 5) is 11.0. The van der Waals surface area contributed by atoms with E-state index in [-0.39, 0.29) is 0 Å². The number of nitrogens with zero attached hydrogens (tertiary/aromatic N) is 3. The monoisotopic (exact) mass is 855 g/mol. The second-order valence-electron chi connectivity index (χ2n) is 14.6. The van der Waals surface area contributed by atoms with Gasteiger partial charge in [-0.15, -0.1) is 0 Å². The number of halogens is 1. The third-order valence-corrected chi connectivity index (χ3v) is 12.3. The Morgan fingerprint density at radius 2 is 1.07 bits per heavy atom. The van der Waals surface area contributed by atoms with Crippen LogP contribution >= 0.6 is 22.6 Å². The molecule has 0 aliphatic rings. The second kappa shape index (κ2) is 13.0. The molecule has 4 aromatic heterocycles. The van der Waals surface area contributed by atoms with Gasteiger partial charge in [-0.1, -0.05) is 140 Å². The lowest BCUT2D eigenvalue weighted by Crippen LogP contribution is -2.06. The van der Waals surface area contributed by atoms with Crippen molar-refractivity contribution < 1.29 is 8.83 Å². The molecule has 0 aliphatic carbocycles. The van der Waals surface area contributed by atoms with Crippen molar-refractivity contribution in [2.45, 2.75) is 0 Å². The van der Waals surface area contributed by atoms with E-state index in [0.29, 0.717) is 5.82 Å². The van der Waals surface area contributed by atoms with E-state index in [0.717, 1.165) is 114 Å². The van der Waals surface area contributed by atoms with Crippen LogP contribution in [0.5, 0.6) is 0 Å². The van der Waals surface area contributed by atoms with Crippen LogP contribution in [0.2, 0.25) is 0 Å². The number of hydrogen-bond acceptors (Lipinski definition) is 4. The molecular weight excluding hydrogens is 825 g/mol. The van der Waals surface area contributed by atoms with Crippen molar-refractivity contribution in [3.8, 4) is 50.7 Å². The Bertz CT molecular complexity index is 3580. The smallest absolute Gasteiger partial charge is 0.162 e. The maximum atomic E-state index is 6.73.